The predicted octanol–water partition coefficient (Wildman–Crippen LogP) is 14.6. The number of nitriles is 3. The SMILES string of the molecule is N#Cc1cc(-c2ccc(-n3c4ccccc4c4cc(-n5c6ccccc6c6ccccc65)ccc43)cc2)ccc1-c1ccc(-c2cc(-c3ccccc3C#N)nc(-c3ccccc3C#N)n2)cc1. The van der Waals surface area contributed by atoms with Gasteiger partial charge in [0, 0.05) is 49.6 Å². The second-order valence-corrected chi connectivity index (χ2v) is 16.7. The van der Waals surface area contributed by atoms with E-state index < -0.39 is 0 Å². The molecule has 7 heteroatoms. The lowest BCUT2D eigenvalue weighted by Gasteiger charge is -2.12. The zero-order chi connectivity index (χ0) is 45.7. The van der Waals surface area contributed by atoms with Crippen LogP contribution in [0.15, 0.2) is 212 Å². The van der Waals surface area contributed by atoms with E-state index in [1.54, 1.807) is 12.1 Å². The van der Waals surface area contributed by atoms with Crippen molar-refractivity contribution in [3.63, 3.8) is 0 Å². The third-order valence-corrected chi connectivity index (χ3v) is 12.9. The van der Waals surface area contributed by atoms with Crippen LogP contribution in [-0.2, 0) is 0 Å². The first kappa shape index (κ1) is 39.7. The minimum atomic E-state index is 0.391. The molecule has 0 aliphatic carbocycles. The standard InChI is InChI=1S/C61H35N7/c62-36-43-11-1-3-13-49(43)56-35-55(65-61(66-56)50-14-4-2-12-44(50)37-63)41-23-21-40(22-24-41)48-31-27-42(33-45(48)38-64)39-25-28-46(29-26-39)67-59-20-10-7-17-53(59)54-34-47(30-32-60(54)67)68-57-18-8-5-15-51(57)52-16-6-9-19-58(52)68/h1-35H. The van der Waals surface area contributed by atoms with E-state index in [1.807, 2.05) is 78.9 Å². The van der Waals surface area contributed by atoms with Crippen LogP contribution in [0, 0.1) is 34.0 Å². The van der Waals surface area contributed by atoms with Crippen molar-refractivity contribution in [3.05, 3.63) is 229 Å². The van der Waals surface area contributed by atoms with Gasteiger partial charge < -0.3 is 9.13 Å². The Kier molecular flexibility index (Phi) is 9.51. The molecule has 0 saturated carbocycles. The Labute approximate surface area is 391 Å². The van der Waals surface area contributed by atoms with Crippen LogP contribution in [0.25, 0.3) is 111 Å². The molecule has 0 spiro atoms. The summed E-state index contributed by atoms with van der Waals surface area (Å²) < 4.78 is 4.70. The van der Waals surface area contributed by atoms with Gasteiger partial charge in [-0.05, 0) is 101 Å². The van der Waals surface area contributed by atoms with E-state index >= 15 is 0 Å². The third kappa shape index (κ3) is 6.57. The van der Waals surface area contributed by atoms with Gasteiger partial charge in [-0.3, -0.25) is 0 Å². The third-order valence-electron chi connectivity index (χ3n) is 12.9. The van der Waals surface area contributed by atoms with Crippen molar-refractivity contribution in [1.82, 2.24) is 19.1 Å². The number of rotatable bonds is 7. The summed E-state index contributed by atoms with van der Waals surface area (Å²) in [6, 6.07) is 78.5. The van der Waals surface area contributed by atoms with Crippen LogP contribution in [0.5, 0.6) is 0 Å². The number of para-hydroxylation sites is 3. The molecule has 12 rings (SSSR count). The number of fused-ring (bicyclic) bond motifs is 6. The first-order chi connectivity index (χ1) is 33.6. The second-order valence-electron chi connectivity index (χ2n) is 16.7. The Hall–Kier alpha value is -9.87. The molecule has 3 aromatic heterocycles. The summed E-state index contributed by atoms with van der Waals surface area (Å²) in [7, 11) is 0. The number of nitrogens with zero attached hydrogens (tertiary/aromatic N) is 7. The fourth-order valence-electron chi connectivity index (χ4n) is 9.70. The maximum Gasteiger partial charge on any atom is 0.161 e. The zero-order valence-electron chi connectivity index (χ0n) is 36.3. The lowest BCUT2D eigenvalue weighted by molar-refractivity contribution is 1.17. The number of hydrogen-bond donors (Lipinski definition) is 0. The van der Waals surface area contributed by atoms with Gasteiger partial charge >= 0.3 is 0 Å². The lowest BCUT2D eigenvalue weighted by Crippen LogP contribution is -1.98. The topological polar surface area (TPSA) is 107 Å². The van der Waals surface area contributed by atoms with Crippen LogP contribution in [0.1, 0.15) is 16.7 Å². The molecule has 0 aliphatic heterocycles. The van der Waals surface area contributed by atoms with Crippen LogP contribution < -0.4 is 0 Å². The summed E-state index contributed by atoms with van der Waals surface area (Å²) in [5.41, 5.74) is 15.3. The summed E-state index contributed by atoms with van der Waals surface area (Å²) in [4.78, 5) is 9.78. The molecule has 68 heavy (non-hydrogen) atoms. The zero-order valence-corrected chi connectivity index (χ0v) is 36.3. The van der Waals surface area contributed by atoms with E-state index in [9.17, 15) is 15.8 Å². The molecule has 0 fully saturated rings. The second kappa shape index (κ2) is 16.3. The van der Waals surface area contributed by atoms with E-state index in [2.05, 4.69) is 149 Å². The quantitative estimate of drug-likeness (QED) is 0.159. The van der Waals surface area contributed by atoms with Crippen molar-refractivity contribution in [2.45, 2.75) is 0 Å². The van der Waals surface area contributed by atoms with Crippen molar-refractivity contribution in [1.29, 1.82) is 15.8 Å². The summed E-state index contributed by atoms with van der Waals surface area (Å²) in [5.74, 6) is 0.391. The van der Waals surface area contributed by atoms with Crippen LogP contribution in [0.3, 0.4) is 0 Å². The Balaban J connectivity index is 0.868. The van der Waals surface area contributed by atoms with Gasteiger partial charge in [-0.25, -0.2) is 9.97 Å². The monoisotopic (exact) mass is 865 g/mol. The van der Waals surface area contributed by atoms with Gasteiger partial charge in [-0.1, -0.05) is 133 Å². The minimum absolute atomic E-state index is 0.391. The van der Waals surface area contributed by atoms with E-state index in [4.69, 9.17) is 9.97 Å². The van der Waals surface area contributed by atoms with E-state index in [-0.39, 0.29) is 0 Å². The van der Waals surface area contributed by atoms with Crippen molar-refractivity contribution in [3.8, 4) is 85.7 Å². The first-order valence-corrected chi connectivity index (χ1v) is 22.2. The van der Waals surface area contributed by atoms with Gasteiger partial charge in [0.1, 0.15) is 0 Å². The molecule has 9 aromatic carbocycles. The maximum atomic E-state index is 10.5. The summed E-state index contributed by atoms with van der Waals surface area (Å²) in [5, 5.41) is 35.2. The summed E-state index contributed by atoms with van der Waals surface area (Å²) in [6.07, 6.45) is 0. The molecule has 12 aromatic rings. The van der Waals surface area contributed by atoms with Gasteiger partial charge in [0.05, 0.1) is 68.4 Å². The Morgan fingerprint density at radius 1 is 0.309 bits per heavy atom. The van der Waals surface area contributed by atoms with Crippen molar-refractivity contribution >= 4 is 43.6 Å². The van der Waals surface area contributed by atoms with Gasteiger partial charge in [0.2, 0.25) is 0 Å². The molecular formula is C61H35N7. The molecule has 7 nitrogen and oxygen atoms in total. The number of hydrogen-bond acceptors (Lipinski definition) is 5. The van der Waals surface area contributed by atoms with Crippen molar-refractivity contribution < 1.29 is 0 Å². The van der Waals surface area contributed by atoms with Crippen LogP contribution in [0.4, 0.5) is 0 Å². The van der Waals surface area contributed by atoms with Crippen LogP contribution >= 0.6 is 0 Å². The lowest BCUT2D eigenvalue weighted by atomic mass is 9.94. The molecule has 0 radical (unpaired) electrons. The van der Waals surface area contributed by atoms with E-state index in [0.717, 1.165) is 50.2 Å². The van der Waals surface area contributed by atoms with E-state index in [0.29, 0.717) is 45.0 Å². The highest BCUT2D eigenvalue weighted by atomic mass is 15.0. The molecule has 0 aliphatic rings. The molecule has 0 N–H and O–H groups in total. The molecular weight excluding hydrogens is 831 g/mol. The number of aromatic nitrogens is 4. The molecule has 0 saturated heterocycles. The summed E-state index contributed by atoms with van der Waals surface area (Å²) in [6.45, 7) is 0. The average molecular weight is 866 g/mol. The Morgan fingerprint density at radius 2 is 0.779 bits per heavy atom. The predicted molar refractivity (Wildman–Crippen MR) is 272 cm³/mol. The fourth-order valence-corrected chi connectivity index (χ4v) is 9.70. The van der Waals surface area contributed by atoms with Gasteiger partial charge in [0.15, 0.2) is 5.82 Å². The minimum Gasteiger partial charge on any atom is -0.309 e. The smallest absolute Gasteiger partial charge is 0.161 e. The molecule has 3 heterocycles. The van der Waals surface area contributed by atoms with Gasteiger partial charge in [0.25, 0.3) is 0 Å². The first-order valence-electron chi connectivity index (χ1n) is 22.2. The average Bonchev–Trinajstić information content (AvgIpc) is 3.93. The summed E-state index contributed by atoms with van der Waals surface area (Å²) >= 11 is 0. The number of benzene rings is 9. The van der Waals surface area contributed by atoms with Crippen molar-refractivity contribution in [2.24, 2.45) is 0 Å². The molecule has 0 amide bonds. The Morgan fingerprint density at radius 3 is 1.43 bits per heavy atom. The maximum absolute atomic E-state index is 10.5. The van der Waals surface area contributed by atoms with Gasteiger partial charge in [-0.2, -0.15) is 15.8 Å². The molecule has 0 bridgehead atoms. The van der Waals surface area contributed by atoms with E-state index in [1.165, 1.54) is 32.6 Å². The fraction of sp³-hybridized carbons (Fsp3) is 0. The highest BCUT2D eigenvalue weighted by Gasteiger charge is 2.19. The highest BCUT2D eigenvalue weighted by Crippen LogP contribution is 2.38. The van der Waals surface area contributed by atoms with Crippen molar-refractivity contribution in [2.75, 3.05) is 0 Å². The normalized spacial score (nSPS) is 11.2. The highest BCUT2D eigenvalue weighted by molar-refractivity contribution is 6.12. The van der Waals surface area contributed by atoms with Gasteiger partial charge in [-0.15, -0.1) is 0 Å². The molecule has 0 atom stereocenters. The largest absolute Gasteiger partial charge is 0.309 e. The molecule has 314 valence electrons. The Bertz CT molecular complexity index is 3990. The van der Waals surface area contributed by atoms with Crippen LogP contribution in [-0.4, -0.2) is 19.1 Å². The molecule has 0 unspecified atom stereocenters. The van der Waals surface area contributed by atoms with Crippen LogP contribution in [0.2, 0.25) is 0 Å².